The summed E-state index contributed by atoms with van der Waals surface area (Å²) in [5.74, 6) is -0.701. The molecule has 0 aliphatic rings. The second-order valence-electron chi connectivity index (χ2n) is 3.21. The summed E-state index contributed by atoms with van der Waals surface area (Å²) in [6, 6.07) is 0. The summed E-state index contributed by atoms with van der Waals surface area (Å²) >= 11 is 3.89. The van der Waals surface area contributed by atoms with Gasteiger partial charge in [0.05, 0.1) is 22.3 Å². The predicted molar refractivity (Wildman–Crippen MR) is 63.6 cm³/mol. The average molecular weight is 256 g/mol. The second-order valence-corrected chi connectivity index (χ2v) is 3.73. The highest BCUT2D eigenvalue weighted by Crippen LogP contribution is 2.27. The molecule has 1 atom stereocenters. The summed E-state index contributed by atoms with van der Waals surface area (Å²) in [6.07, 6.45) is 0. The van der Waals surface area contributed by atoms with E-state index in [0.717, 1.165) is 0 Å². The minimum Gasteiger partial charge on any atom is -0.549 e. The van der Waals surface area contributed by atoms with Crippen LogP contribution in [0.4, 0.5) is 5.82 Å². The van der Waals surface area contributed by atoms with E-state index in [1.54, 1.807) is 6.92 Å². The van der Waals surface area contributed by atoms with Crippen LogP contribution in [0.2, 0.25) is 0 Å². The minimum absolute atomic E-state index is 0. The molecule has 2 heterocycles. The highest BCUT2D eigenvalue weighted by Gasteiger charge is 2.18. The number of carbonyl (C=O) groups is 1. The summed E-state index contributed by atoms with van der Waals surface area (Å²) < 4.78 is 0. The molecule has 17 heavy (non-hydrogen) atoms. The van der Waals surface area contributed by atoms with Gasteiger partial charge >= 0.3 is 0 Å². The van der Waals surface area contributed by atoms with Crippen molar-refractivity contribution in [3.63, 3.8) is 0 Å². The Balaban J connectivity index is 0.00000144. The third kappa shape index (κ3) is 2.15. The number of thiol groups is 1. The average Bonchev–Trinajstić information content (AvgIpc) is 2.59. The van der Waals surface area contributed by atoms with Crippen molar-refractivity contribution in [1.29, 1.82) is 0 Å². The lowest BCUT2D eigenvalue weighted by Crippen LogP contribution is -2.27. The summed E-state index contributed by atoms with van der Waals surface area (Å²) in [6.45, 7) is 1.67. The van der Waals surface area contributed by atoms with E-state index in [9.17, 15) is 9.90 Å². The van der Waals surface area contributed by atoms with E-state index >= 15 is 0 Å². The molecule has 0 saturated heterocycles. The van der Waals surface area contributed by atoms with Crippen molar-refractivity contribution in [1.82, 2.24) is 26.3 Å². The van der Waals surface area contributed by atoms with Crippen molar-refractivity contribution in [2.75, 3.05) is 5.73 Å². The van der Waals surface area contributed by atoms with Gasteiger partial charge in [0.1, 0.15) is 11.6 Å². The number of aliphatic carboxylic acids is 1. The highest BCUT2D eigenvalue weighted by molar-refractivity contribution is 7.81. The smallest absolute Gasteiger partial charge is 0.186 e. The van der Waals surface area contributed by atoms with E-state index in [-0.39, 0.29) is 17.7 Å². The van der Waals surface area contributed by atoms with Crippen molar-refractivity contribution >= 4 is 35.4 Å². The fourth-order valence-electron chi connectivity index (χ4n) is 1.40. The summed E-state index contributed by atoms with van der Waals surface area (Å²) in [5, 5.41) is 16.3. The Hall–Kier alpha value is -1.87. The van der Waals surface area contributed by atoms with Crippen LogP contribution in [0.25, 0.3) is 11.0 Å². The number of hydrogen-bond donors (Lipinski definition) is 4. The number of nitrogens with two attached hydrogens (primary N) is 1. The van der Waals surface area contributed by atoms with Crippen LogP contribution in [0.5, 0.6) is 0 Å². The molecule has 9 heteroatoms. The van der Waals surface area contributed by atoms with Gasteiger partial charge in [-0.2, -0.15) is 17.7 Å². The molecule has 0 aliphatic carbocycles. The number of nitrogen functional groups attached to an aromatic ring is 1. The molecule has 0 amide bonds. The van der Waals surface area contributed by atoms with Gasteiger partial charge in [0.2, 0.25) is 0 Å². The third-order valence-electron chi connectivity index (χ3n) is 2.08. The first-order valence-corrected chi connectivity index (χ1v) is 4.89. The maximum Gasteiger partial charge on any atom is 0.186 e. The number of aromatic nitrogens is 4. The van der Waals surface area contributed by atoms with Crippen LogP contribution in [0.15, 0.2) is 0 Å². The van der Waals surface area contributed by atoms with E-state index in [1.807, 2.05) is 0 Å². The van der Waals surface area contributed by atoms with Gasteiger partial charge in [0.25, 0.3) is 0 Å². The number of carbonyl (C=O) groups excluding carboxylic acids is 1. The molecule has 8 nitrogen and oxygen atoms in total. The quantitative estimate of drug-likeness (QED) is 0.522. The zero-order valence-electron chi connectivity index (χ0n) is 9.26. The summed E-state index contributed by atoms with van der Waals surface area (Å²) in [5.41, 5.74) is 6.23. The molecule has 2 aromatic heterocycles. The normalized spacial score (nSPS) is 12.1. The van der Waals surface area contributed by atoms with Gasteiger partial charge in [-0.1, -0.05) is 0 Å². The number of fused-ring (bicyclic) bond motifs is 1. The topological polar surface area (TPSA) is 157 Å². The maximum absolute atomic E-state index is 10.7. The van der Waals surface area contributed by atoms with Crippen molar-refractivity contribution in [2.24, 2.45) is 0 Å². The number of rotatable bonds is 2. The zero-order chi connectivity index (χ0) is 11.9. The van der Waals surface area contributed by atoms with Gasteiger partial charge in [0.15, 0.2) is 5.65 Å². The monoisotopic (exact) mass is 256 g/mol. The fraction of sp³-hybridized carbons (Fsp3) is 0.250. The Kier molecular flexibility index (Phi) is 3.53. The lowest BCUT2D eigenvalue weighted by molar-refractivity contribution is -0.305. The largest absolute Gasteiger partial charge is 0.549 e. The van der Waals surface area contributed by atoms with E-state index in [4.69, 9.17) is 5.73 Å². The van der Waals surface area contributed by atoms with E-state index in [0.29, 0.717) is 16.9 Å². The Morgan fingerprint density at radius 2 is 2.18 bits per heavy atom. The SMILES string of the molecule is Cc1nc(N)c2c(C(S)C(=O)[O-])[nH]nc2n1.[NH4+]. The minimum atomic E-state index is -1.34. The predicted octanol–water partition coefficient (Wildman–Crippen LogP) is -0.659. The van der Waals surface area contributed by atoms with Gasteiger partial charge in [-0.05, 0) is 6.92 Å². The Bertz CT molecular complexity index is 568. The molecule has 0 radical (unpaired) electrons. The number of anilines is 1. The number of carboxylic acids is 1. The number of H-pyrrole nitrogens is 1. The van der Waals surface area contributed by atoms with Crippen molar-refractivity contribution in [3.05, 3.63) is 11.5 Å². The molecule has 0 saturated carbocycles. The van der Waals surface area contributed by atoms with Crippen LogP contribution in [-0.4, -0.2) is 26.1 Å². The Morgan fingerprint density at radius 1 is 1.53 bits per heavy atom. The molecule has 0 aliphatic heterocycles. The van der Waals surface area contributed by atoms with Gasteiger partial charge in [0, 0.05) is 0 Å². The zero-order valence-corrected chi connectivity index (χ0v) is 10.2. The van der Waals surface area contributed by atoms with Gasteiger partial charge in [-0.3, -0.25) is 5.10 Å². The lowest BCUT2D eigenvalue weighted by atomic mass is 10.2. The van der Waals surface area contributed by atoms with Gasteiger partial charge < -0.3 is 21.8 Å². The molecular weight excluding hydrogens is 244 g/mol. The fourth-order valence-corrected chi connectivity index (χ4v) is 1.59. The molecule has 0 bridgehead atoms. The van der Waals surface area contributed by atoms with Crippen LogP contribution >= 0.6 is 12.6 Å². The van der Waals surface area contributed by atoms with Gasteiger partial charge in [-0.15, -0.1) is 0 Å². The van der Waals surface area contributed by atoms with Crippen LogP contribution in [-0.2, 0) is 4.79 Å². The van der Waals surface area contributed by atoms with Crippen LogP contribution in [0.1, 0.15) is 16.8 Å². The van der Waals surface area contributed by atoms with Crippen molar-refractivity contribution in [3.8, 4) is 0 Å². The van der Waals surface area contributed by atoms with Crippen molar-refractivity contribution < 1.29 is 9.90 Å². The van der Waals surface area contributed by atoms with E-state index < -0.39 is 11.2 Å². The number of carboxylic acid groups (broad SMARTS) is 1. The Morgan fingerprint density at radius 3 is 2.76 bits per heavy atom. The molecule has 92 valence electrons. The first kappa shape index (κ1) is 13.2. The first-order valence-electron chi connectivity index (χ1n) is 4.37. The molecule has 1 unspecified atom stereocenters. The lowest BCUT2D eigenvalue weighted by Gasteiger charge is -2.10. The molecule has 0 spiro atoms. The van der Waals surface area contributed by atoms with Crippen LogP contribution < -0.4 is 17.0 Å². The van der Waals surface area contributed by atoms with E-state index in [2.05, 4.69) is 32.8 Å². The standard InChI is InChI=1S/C8H9N5O2S.H3N/c1-2-10-6(9)3-4(5(16)8(14)15)12-13-7(3)11-2;/h5,16H,1H3,(H,14,15)(H3,9,10,11,12,13);1H3. The number of quaternary nitrogens is 1. The molecule has 2 aromatic rings. The van der Waals surface area contributed by atoms with Gasteiger partial charge in [-0.25, -0.2) is 9.97 Å². The molecule has 0 fully saturated rings. The summed E-state index contributed by atoms with van der Waals surface area (Å²) in [4.78, 5) is 18.7. The maximum atomic E-state index is 10.7. The highest BCUT2D eigenvalue weighted by atomic mass is 32.1. The van der Waals surface area contributed by atoms with E-state index in [1.165, 1.54) is 0 Å². The molecule has 7 N–H and O–H groups in total. The second kappa shape index (κ2) is 4.55. The number of aromatic amines is 1. The van der Waals surface area contributed by atoms with Crippen LogP contribution in [0, 0.1) is 6.92 Å². The molecular formula is C8H12N6O2S. The third-order valence-corrected chi connectivity index (χ3v) is 2.55. The number of aryl methyl sites for hydroxylation is 1. The van der Waals surface area contributed by atoms with Crippen LogP contribution in [0.3, 0.4) is 0 Å². The molecule has 2 rings (SSSR count). The summed E-state index contributed by atoms with van der Waals surface area (Å²) in [7, 11) is 0. The number of hydrogen-bond acceptors (Lipinski definition) is 7. The Labute approximate surface area is 102 Å². The number of nitrogens with zero attached hydrogens (tertiary/aromatic N) is 3. The van der Waals surface area contributed by atoms with Crippen molar-refractivity contribution in [2.45, 2.75) is 12.2 Å². The first-order chi connectivity index (χ1) is 7.50. The number of nitrogens with one attached hydrogen (secondary N) is 1. The molecule has 0 aromatic carbocycles.